The van der Waals surface area contributed by atoms with Crippen LogP contribution in [0.25, 0.3) is 11.1 Å². The third kappa shape index (κ3) is 2.37. The first-order valence-corrected chi connectivity index (χ1v) is 7.24. The third-order valence-corrected chi connectivity index (χ3v) is 4.04. The van der Waals surface area contributed by atoms with Gasteiger partial charge in [0, 0.05) is 19.8 Å². The van der Waals surface area contributed by atoms with Gasteiger partial charge in [0.05, 0.1) is 6.04 Å². The lowest BCUT2D eigenvalue weighted by molar-refractivity contribution is 0.183. The van der Waals surface area contributed by atoms with Gasteiger partial charge in [0.15, 0.2) is 0 Å². The van der Waals surface area contributed by atoms with E-state index >= 15 is 0 Å². The maximum atomic E-state index is 5.18. The number of fused-ring (bicyclic) bond motifs is 3. The van der Waals surface area contributed by atoms with Crippen LogP contribution in [0, 0.1) is 0 Å². The normalized spacial score (nSPS) is 14.9. The predicted octanol–water partition coefficient (Wildman–Crippen LogP) is 3.77. The van der Waals surface area contributed by atoms with Crippen LogP contribution >= 0.6 is 0 Å². The molecule has 1 aliphatic carbocycles. The van der Waals surface area contributed by atoms with Crippen LogP contribution in [0.5, 0.6) is 0 Å². The summed E-state index contributed by atoms with van der Waals surface area (Å²) in [5, 5.41) is 3.75. The van der Waals surface area contributed by atoms with Crippen molar-refractivity contribution >= 4 is 0 Å². The van der Waals surface area contributed by atoms with Crippen molar-refractivity contribution in [2.75, 3.05) is 13.7 Å². The molecule has 2 nitrogen and oxygen atoms in total. The molecule has 2 aromatic carbocycles. The molecule has 1 unspecified atom stereocenters. The first-order chi connectivity index (χ1) is 9.81. The Morgan fingerprint density at radius 1 is 1.00 bits per heavy atom. The fourth-order valence-corrected chi connectivity index (χ4v) is 3.00. The van der Waals surface area contributed by atoms with E-state index in [2.05, 4.69) is 60.8 Å². The molecule has 0 bridgehead atoms. The minimum Gasteiger partial charge on any atom is -0.385 e. The maximum absolute atomic E-state index is 5.18. The zero-order valence-electron chi connectivity index (χ0n) is 12.1. The van der Waals surface area contributed by atoms with Gasteiger partial charge in [-0.15, -0.1) is 0 Å². The highest BCUT2D eigenvalue weighted by molar-refractivity contribution is 5.78. The van der Waals surface area contributed by atoms with Crippen molar-refractivity contribution in [1.82, 2.24) is 5.32 Å². The summed E-state index contributed by atoms with van der Waals surface area (Å²) >= 11 is 0. The van der Waals surface area contributed by atoms with Crippen molar-refractivity contribution in [2.24, 2.45) is 0 Å². The molecular weight excluding hydrogens is 246 g/mol. The summed E-state index contributed by atoms with van der Waals surface area (Å²) < 4.78 is 5.18. The van der Waals surface area contributed by atoms with Crippen molar-refractivity contribution in [3.05, 3.63) is 59.7 Å². The molecule has 104 valence electrons. The molecule has 0 aliphatic heterocycles. The van der Waals surface area contributed by atoms with Gasteiger partial charge in [-0.1, -0.05) is 48.5 Å². The maximum Gasteiger partial charge on any atom is 0.0591 e. The molecule has 2 aromatic rings. The SMILES string of the molecule is COCCC(C)NC1c2ccccc2-c2ccccc21. The highest BCUT2D eigenvalue weighted by Gasteiger charge is 2.28. The van der Waals surface area contributed by atoms with Crippen LogP contribution in [0.2, 0.25) is 0 Å². The summed E-state index contributed by atoms with van der Waals surface area (Å²) in [5.41, 5.74) is 5.50. The Balaban J connectivity index is 1.91. The molecular formula is C18H21NO. The minimum absolute atomic E-state index is 0.300. The Bertz CT molecular complexity index is 548. The molecule has 0 radical (unpaired) electrons. The summed E-state index contributed by atoms with van der Waals surface area (Å²) in [6.45, 7) is 3.02. The molecule has 0 saturated heterocycles. The van der Waals surface area contributed by atoms with Crippen LogP contribution in [0.15, 0.2) is 48.5 Å². The third-order valence-electron chi connectivity index (χ3n) is 4.04. The molecule has 1 N–H and O–H groups in total. The van der Waals surface area contributed by atoms with Gasteiger partial charge in [-0.25, -0.2) is 0 Å². The molecule has 0 aromatic heterocycles. The molecule has 1 aliphatic rings. The minimum atomic E-state index is 0.300. The van der Waals surface area contributed by atoms with Gasteiger partial charge in [-0.05, 0) is 35.6 Å². The van der Waals surface area contributed by atoms with E-state index < -0.39 is 0 Å². The lowest BCUT2D eigenvalue weighted by Crippen LogP contribution is -2.31. The van der Waals surface area contributed by atoms with Crippen LogP contribution in [0.3, 0.4) is 0 Å². The lowest BCUT2D eigenvalue weighted by atomic mass is 10.0. The van der Waals surface area contributed by atoms with E-state index in [-0.39, 0.29) is 0 Å². The van der Waals surface area contributed by atoms with E-state index in [1.807, 2.05) is 0 Å². The Morgan fingerprint density at radius 2 is 1.55 bits per heavy atom. The monoisotopic (exact) mass is 267 g/mol. The molecule has 0 spiro atoms. The molecule has 0 saturated carbocycles. The summed E-state index contributed by atoms with van der Waals surface area (Å²) in [7, 11) is 1.76. The summed E-state index contributed by atoms with van der Waals surface area (Å²) in [6, 6.07) is 18.1. The zero-order valence-corrected chi connectivity index (χ0v) is 12.1. The smallest absolute Gasteiger partial charge is 0.0591 e. The first kappa shape index (κ1) is 13.3. The second-order valence-corrected chi connectivity index (χ2v) is 5.46. The van der Waals surface area contributed by atoms with Gasteiger partial charge in [0.1, 0.15) is 0 Å². The second-order valence-electron chi connectivity index (χ2n) is 5.46. The van der Waals surface area contributed by atoms with Crippen molar-refractivity contribution in [2.45, 2.75) is 25.4 Å². The van der Waals surface area contributed by atoms with Gasteiger partial charge in [-0.3, -0.25) is 0 Å². The number of nitrogens with one attached hydrogen (secondary N) is 1. The molecule has 2 heteroatoms. The predicted molar refractivity (Wildman–Crippen MR) is 82.8 cm³/mol. The number of hydrogen-bond acceptors (Lipinski definition) is 2. The standard InChI is InChI=1S/C18H21NO/c1-13(11-12-20-2)19-18-16-9-5-3-7-14(16)15-8-4-6-10-17(15)18/h3-10,13,18-19H,11-12H2,1-2H3. The average molecular weight is 267 g/mol. The zero-order chi connectivity index (χ0) is 13.9. The van der Waals surface area contributed by atoms with E-state index in [0.29, 0.717) is 12.1 Å². The molecule has 3 rings (SSSR count). The van der Waals surface area contributed by atoms with Gasteiger partial charge >= 0.3 is 0 Å². The van der Waals surface area contributed by atoms with Crippen LogP contribution in [-0.2, 0) is 4.74 Å². The number of rotatable bonds is 5. The Morgan fingerprint density at radius 3 is 2.10 bits per heavy atom. The number of hydrogen-bond donors (Lipinski definition) is 1. The highest BCUT2D eigenvalue weighted by atomic mass is 16.5. The number of methoxy groups -OCH3 is 1. The van der Waals surface area contributed by atoms with E-state index in [0.717, 1.165) is 13.0 Å². The highest BCUT2D eigenvalue weighted by Crippen LogP contribution is 2.43. The van der Waals surface area contributed by atoms with E-state index in [9.17, 15) is 0 Å². The Kier molecular flexibility index (Phi) is 3.86. The Hall–Kier alpha value is -1.64. The second kappa shape index (κ2) is 5.78. The summed E-state index contributed by atoms with van der Waals surface area (Å²) in [4.78, 5) is 0. The number of benzene rings is 2. The van der Waals surface area contributed by atoms with Crippen molar-refractivity contribution < 1.29 is 4.74 Å². The van der Waals surface area contributed by atoms with Crippen molar-refractivity contribution in [3.8, 4) is 11.1 Å². The molecule has 20 heavy (non-hydrogen) atoms. The largest absolute Gasteiger partial charge is 0.385 e. The van der Waals surface area contributed by atoms with E-state index in [4.69, 9.17) is 4.74 Å². The van der Waals surface area contributed by atoms with Gasteiger partial charge < -0.3 is 10.1 Å². The molecule has 1 atom stereocenters. The Labute approximate surface area is 120 Å². The molecule has 0 fully saturated rings. The van der Waals surface area contributed by atoms with Gasteiger partial charge in [0.25, 0.3) is 0 Å². The van der Waals surface area contributed by atoms with Gasteiger partial charge in [0.2, 0.25) is 0 Å². The summed E-state index contributed by atoms with van der Waals surface area (Å²) in [5.74, 6) is 0. The lowest BCUT2D eigenvalue weighted by Gasteiger charge is -2.21. The first-order valence-electron chi connectivity index (χ1n) is 7.24. The van der Waals surface area contributed by atoms with Crippen molar-refractivity contribution in [1.29, 1.82) is 0 Å². The topological polar surface area (TPSA) is 21.3 Å². The van der Waals surface area contributed by atoms with Gasteiger partial charge in [-0.2, -0.15) is 0 Å². The molecule has 0 heterocycles. The summed E-state index contributed by atoms with van der Waals surface area (Å²) in [6.07, 6.45) is 1.03. The quantitative estimate of drug-likeness (QED) is 0.890. The van der Waals surface area contributed by atoms with Crippen LogP contribution < -0.4 is 5.32 Å². The fraction of sp³-hybridized carbons (Fsp3) is 0.333. The van der Waals surface area contributed by atoms with Crippen LogP contribution in [0.1, 0.15) is 30.5 Å². The van der Waals surface area contributed by atoms with E-state index in [1.54, 1.807) is 7.11 Å². The number of ether oxygens (including phenoxy) is 1. The van der Waals surface area contributed by atoms with Crippen molar-refractivity contribution in [3.63, 3.8) is 0 Å². The van der Waals surface area contributed by atoms with Crippen LogP contribution in [0.4, 0.5) is 0 Å². The molecule has 0 amide bonds. The fourth-order valence-electron chi connectivity index (χ4n) is 3.00. The average Bonchev–Trinajstić information content (AvgIpc) is 2.80. The van der Waals surface area contributed by atoms with E-state index in [1.165, 1.54) is 22.3 Å². The van der Waals surface area contributed by atoms with Crippen LogP contribution in [-0.4, -0.2) is 19.8 Å².